The van der Waals surface area contributed by atoms with Gasteiger partial charge in [0, 0.05) is 16.6 Å². The van der Waals surface area contributed by atoms with Crippen LogP contribution in [-0.2, 0) is 0 Å². The number of benzene rings is 1. The van der Waals surface area contributed by atoms with Gasteiger partial charge in [0.1, 0.15) is 0 Å². The second-order valence-electron chi connectivity index (χ2n) is 5.13. The number of nitrogens with one attached hydrogen (secondary N) is 2. The fraction of sp³-hybridized carbons (Fsp3) is 0.267. The molecule has 1 aliphatic rings. The zero-order valence-electron chi connectivity index (χ0n) is 11.6. The van der Waals surface area contributed by atoms with Crippen LogP contribution < -0.4 is 5.43 Å². The minimum atomic E-state index is -0.313. The van der Waals surface area contributed by atoms with Crippen molar-refractivity contribution in [3.63, 3.8) is 0 Å². The minimum absolute atomic E-state index is 0.313. The average molecular weight is 303 g/mol. The van der Waals surface area contributed by atoms with Crippen LogP contribution in [0.2, 0.25) is 5.02 Å². The maximum atomic E-state index is 12.0. The molecular weight excluding hydrogens is 288 g/mol. The van der Waals surface area contributed by atoms with Crippen LogP contribution in [0.25, 0.3) is 0 Å². The molecule has 3 rings (SSSR count). The maximum absolute atomic E-state index is 12.0. The lowest BCUT2D eigenvalue weighted by atomic mass is 10.1. The molecule has 1 aromatic carbocycles. The van der Waals surface area contributed by atoms with Gasteiger partial charge in [-0.25, -0.2) is 5.43 Å². The number of nitrogens with zero attached hydrogens (tertiary/aromatic N) is 2. The first-order chi connectivity index (χ1) is 10.1. The number of hydrogen-bond donors (Lipinski definition) is 2. The van der Waals surface area contributed by atoms with E-state index >= 15 is 0 Å². The van der Waals surface area contributed by atoms with Crippen molar-refractivity contribution < 1.29 is 4.79 Å². The van der Waals surface area contributed by atoms with Crippen molar-refractivity contribution in [2.75, 3.05) is 0 Å². The van der Waals surface area contributed by atoms with Crippen LogP contribution in [0.15, 0.2) is 35.4 Å². The third-order valence-corrected chi connectivity index (χ3v) is 3.69. The summed E-state index contributed by atoms with van der Waals surface area (Å²) in [6.45, 7) is 1.82. The Bertz CT molecular complexity index is 686. The van der Waals surface area contributed by atoms with Gasteiger partial charge >= 0.3 is 0 Å². The van der Waals surface area contributed by atoms with E-state index in [4.69, 9.17) is 11.6 Å². The number of rotatable bonds is 4. The van der Waals surface area contributed by atoms with Crippen molar-refractivity contribution in [1.82, 2.24) is 15.6 Å². The molecular formula is C15H15ClN4O. The second-order valence-corrected chi connectivity index (χ2v) is 5.56. The van der Waals surface area contributed by atoms with E-state index in [2.05, 4.69) is 20.7 Å². The standard InChI is InChI=1S/C15H15ClN4O/c1-9(10-4-6-12(16)7-5-10)17-20-15(21)14-8-13(18-19-14)11-2-3-11/h4-8,11H,2-3H2,1H3,(H,18,19)(H,20,21)/b17-9+. The largest absolute Gasteiger partial charge is 0.291 e. The third-order valence-electron chi connectivity index (χ3n) is 3.43. The number of hydrogen-bond acceptors (Lipinski definition) is 3. The maximum Gasteiger partial charge on any atom is 0.291 e. The highest BCUT2D eigenvalue weighted by Crippen LogP contribution is 2.38. The second kappa shape index (κ2) is 5.69. The topological polar surface area (TPSA) is 70.1 Å². The third kappa shape index (κ3) is 3.31. The minimum Gasteiger partial charge on any atom is -0.281 e. The lowest BCUT2D eigenvalue weighted by Gasteiger charge is -2.01. The predicted octanol–water partition coefficient (Wildman–Crippen LogP) is 3.09. The lowest BCUT2D eigenvalue weighted by Crippen LogP contribution is -2.19. The molecule has 0 bridgehead atoms. The van der Waals surface area contributed by atoms with E-state index in [1.165, 1.54) is 0 Å². The Morgan fingerprint density at radius 2 is 2.10 bits per heavy atom. The van der Waals surface area contributed by atoms with Crippen molar-refractivity contribution in [3.05, 3.63) is 52.3 Å². The SMILES string of the molecule is C/C(=N\NC(=O)c1cc(C2CC2)[nH]n1)c1ccc(Cl)cc1. The van der Waals surface area contributed by atoms with Crippen molar-refractivity contribution in [2.45, 2.75) is 25.7 Å². The van der Waals surface area contributed by atoms with Crippen LogP contribution >= 0.6 is 11.6 Å². The van der Waals surface area contributed by atoms with Crippen molar-refractivity contribution in [1.29, 1.82) is 0 Å². The summed E-state index contributed by atoms with van der Waals surface area (Å²) in [6, 6.07) is 9.07. The Balaban J connectivity index is 1.65. The summed E-state index contributed by atoms with van der Waals surface area (Å²) in [7, 11) is 0. The number of H-pyrrole nitrogens is 1. The van der Waals surface area contributed by atoms with E-state index in [9.17, 15) is 4.79 Å². The molecule has 0 saturated heterocycles. The van der Waals surface area contributed by atoms with Crippen LogP contribution in [0.1, 0.15) is 47.4 Å². The average Bonchev–Trinajstić information content (AvgIpc) is 3.22. The van der Waals surface area contributed by atoms with E-state index in [0.29, 0.717) is 22.3 Å². The van der Waals surface area contributed by atoms with Crippen LogP contribution in [-0.4, -0.2) is 21.8 Å². The molecule has 0 spiro atoms. The number of aromatic amines is 1. The van der Waals surface area contributed by atoms with Crippen molar-refractivity contribution in [2.24, 2.45) is 5.10 Å². The molecule has 2 aromatic rings. The first kappa shape index (κ1) is 13.8. The number of carbonyl (C=O) groups excluding carboxylic acids is 1. The van der Waals surface area contributed by atoms with Crippen LogP contribution in [0.4, 0.5) is 0 Å². The molecule has 21 heavy (non-hydrogen) atoms. The predicted molar refractivity (Wildman–Crippen MR) is 81.7 cm³/mol. The summed E-state index contributed by atoms with van der Waals surface area (Å²) in [4.78, 5) is 12.0. The molecule has 6 heteroatoms. The molecule has 108 valence electrons. The molecule has 1 amide bonds. The number of carbonyl (C=O) groups is 1. The number of amides is 1. The Hall–Kier alpha value is -2.14. The molecule has 5 nitrogen and oxygen atoms in total. The van der Waals surface area contributed by atoms with E-state index < -0.39 is 0 Å². The Labute approximate surface area is 127 Å². The summed E-state index contributed by atoms with van der Waals surface area (Å²) in [5, 5.41) is 11.7. The first-order valence-electron chi connectivity index (χ1n) is 6.79. The highest BCUT2D eigenvalue weighted by Gasteiger charge is 2.26. The monoisotopic (exact) mass is 302 g/mol. The lowest BCUT2D eigenvalue weighted by molar-refractivity contribution is 0.0950. The van der Waals surface area contributed by atoms with E-state index in [1.807, 2.05) is 19.1 Å². The Morgan fingerprint density at radius 1 is 1.38 bits per heavy atom. The van der Waals surface area contributed by atoms with Gasteiger partial charge < -0.3 is 0 Å². The molecule has 0 unspecified atom stereocenters. The van der Waals surface area contributed by atoms with Crippen LogP contribution in [0.5, 0.6) is 0 Å². The van der Waals surface area contributed by atoms with Gasteiger partial charge in [0.2, 0.25) is 0 Å². The first-order valence-corrected chi connectivity index (χ1v) is 7.17. The van der Waals surface area contributed by atoms with Crippen molar-refractivity contribution >= 4 is 23.2 Å². The zero-order chi connectivity index (χ0) is 14.8. The summed E-state index contributed by atoms with van der Waals surface area (Å²) in [6.07, 6.45) is 2.33. The molecule has 0 radical (unpaired) electrons. The molecule has 1 heterocycles. The van der Waals surface area contributed by atoms with Gasteiger partial charge in [-0.05, 0) is 43.5 Å². The van der Waals surface area contributed by atoms with Crippen LogP contribution in [0.3, 0.4) is 0 Å². The molecule has 0 aliphatic heterocycles. The van der Waals surface area contributed by atoms with Crippen molar-refractivity contribution in [3.8, 4) is 0 Å². The number of halogens is 1. The number of aromatic nitrogens is 2. The smallest absolute Gasteiger partial charge is 0.281 e. The van der Waals surface area contributed by atoms with Gasteiger partial charge in [0.05, 0.1) is 5.71 Å². The quantitative estimate of drug-likeness (QED) is 0.673. The highest BCUT2D eigenvalue weighted by atomic mass is 35.5. The van der Waals surface area contributed by atoms with Gasteiger partial charge in [-0.2, -0.15) is 10.2 Å². The Morgan fingerprint density at radius 3 is 2.76 bits per heavy atom. The van der Waals surface area contributed by atoms with E-state index in [-0.39, 0.29) is 5.91 Å². The summed E-state index contributed by atoms with van der Waals surface area (Å²) in [5.41, 5.74) is 5.52. The molecule has 1 saturated carbocycles. The summed E-state index contributed by atoms with van der Waals surface area (Å²) in [5.74, 6) is 0.227. The fourth-order valence-electron chi connectivity index (χ4n) is 2.00. The van der Waals surface area contributed by atoms with Gasteiger partial charge in [-0.3, -0.25) is 9.89 Å². The molecule has 1 aromatic heterocycles. The molecule has 2 N–H and O–H groups in total. The Kier molecular flexibility index (Phi) is 3.75. The number of hydrazone groups is 1. The highest BCUT2D eigenvalue weighted by molar-refractivity contribution is 6.30. The molecule has 1 fully saturated rings. The van der Waals surface area contributed by atoms with Gasteiger partial charge in [0.25, 0.3) is 5.91 Å². The molecule has 0 atom stereocenters. The van der Waals surface area contributed by atoms with Gasteiger partial charge in [-0.1, -0.05) is 23.7 Å². The summed E-state index contributed by atoms with van der Waals surface area (Å²) < 4.78 is 0. The van der Waals surface area contributed by atoms with Gasteiger partial charge in [-0.15, -0.1) is 0 Å². The zero-order valence-corrected chi connectivity index (χ0v) is 12.3. The van der Waals surface area contributed by atoms with E-state index in [0.717, 1.165) is 24.1 Å². The van der Waals surface area contributed by atoms with Crippen LogP contribution in [0, 0.1) is 0 Å². The fourth-order valence-corrected chi connectivity index (χ4v) is 2.13. The van der Waals surface area contributed by atoms with Gasteiger partial charge in [0.15, 0.2) is 5.69 Å². The normalized spacial score (nSPS) is 15.0. The summed E-state index contributed by atoms with van der Waals surface area (Å²) >= 11 is 5.84. The molecule has 1 aliphatic carbocycles. The van der Waals surface area contributed by atoms with E-state index in [1.54, 1.807) is 18.2 Å².